The standard InChI is InChI=1S/C10H20.Cl3HSi/c1-7(2)9(4)10(5)6-8(10)3;1-4(2)3/h7-9H,6H2,1-5H3;4H. The van der Waals surface area contributed by atoms with Gasteiger partial charge in [0, 0.05) is 0 Å². The predicted molar refractivity (Wildman–Crippen MR) is 70.6 cm³/mol. The summed E-state index contributed by atoms with van der Waals surface area (Å²) >= 11 is 14.8. The summed E-state index contributed by atoms with van der Waals surface area (Å²) in [5, 5.41) is 0. The molecule has 0 aliphatic heterocycles. The van der Waals surface area contributed by atoms with Crippen molar-refractivity contribution in [2.75, 3.05) is 0 Å². The van der Waals surface area contributed by atoms with Crippen LogP contribution in [0.15, 0.2) is 0 Å². The highest BCUT2D eigenvalue weighted by Crippen LogP contribution is 2.58. The molecule has 0 spiro atoms. The van der Waals surface area contributed by atoms with E-state index < -0.39 is 6.73 Å². The van der Waals surface area contributed by atoms with E-state index in [-0.39, 0.29) is 0 Å². The zero-order valence-corrected chi connectivity index (χ0v) is 13.1. The quantitative estimate of drug-likeness (QED) is 0.504. The zero-order chi connectivity index (χ0) is 11.5. The van der Waals surface area contributed by atoms with E-state index in [0.717, 1.165) is 17.8 Å². The van der Waals surface area contributed by atoms with E-state index in [0.29, 0.717) is 5.41 Å². The van der Waals surface area contributed by atoms with Gasteiger partial charge >= 0.3 is 6.73 Å². The summed E-state index contributed by atoms with van der Waals surface area (Å²) in [6.45, 7) is 10.2. The van der Waals surface area contributed by atoms with Gasteiger partial charge in [-0.15, -0.1) is 33.2 Å². The Balaban J connectivity index is 0.000000364. The van der Waals surface area contributed by atoms with Crippen molar-refractivity contribution in [3.63, 3.8) is 0 Å². The molecule has 0 heterocycles. The highest BCUT2D eigenvalue weighted by atomic mass is 35.8. The summed E-state index contributed by atoms with van der Waals surface area (Å²) in [4.78, 5) is 0. The minimum absolute atomic E-state index is 0.689. The van der Waals surface area contributed by atoms with Crippen molar-refractivity contribution < 1.29 is 0 Å². The second kappa shape index (κ2) is 5.98. The summed E-state index contributed by atoms with van der Waals surface area (Å²) in [7, 11) is 0. The van der Waals surface area contributed by atoms with Crippen LogP contribution < -0.4 is 0 Å². The van der Waals surface area contributed by atoms with E-state index in [1.54, 1.807) is 0 Å². The number of halogens is 3. The Morgan fingerprint density at radius 2 is 1.50 bits per heavy atom. The first-order valence-corrected chi connectivity index (χ1v) is 10.4. The van der Waals surface area contributed by atoms with Crippen LogP contribution in [0.3, 0.4) is 0 Å². The Labute approximate surface area is 104 Å². The third-order valence-electron chi connectivity index (χ3n) is 3.75. The normalized spacial score (nSPS) is 32.6. The first kappa shape index (κ1) is 15.1. The minimum Gasteiger partial charge on any atom is -0.130 e. The summed E-state index contributed by atoms with van der Waals surface area (Å²) < 4.78 is 0. The van der Waals surface area contributed by atoms with Crippen molar-refractivity contribution >= 4 is 40.0 Å². The fraction of sp³-hybridized carbons (Fsp3) is 1.00. The predicted octanol–water partition coefficient (Wildman–Crippen LogP) is 4.74. The van der Waals surface area contributed by atoms with Gasteiger partial charge in [0.25, 0.3) is 0 Å². The van der Waals surface area contributed by atoms with Crippen molar-refractivity contribution in [2.45, 2.75) is 41.0 Å². The van der Waals surface area contributed by atoms with Crippen LogP contribution in [0.2, 0.25) is 0 Å². The highest BCUT2D eigenvalue weighted by Gasteiger charge is 2.50. The molecule has 86 valence electrons. The maximum atomic E-state index is 4.94. The van der Waals surface area contributed by atoms with Gasteiger partial charge in [0.1, 0.15) is 0 Å². The molecule has 0 amide bonds. The van der Waals surface area contributed by atoms with Gasteiger partial charge < -0.3 is 0 Å². The maximum absolute atomic E-state index is 4.94. The largest absolute Gasteiger partial charge is 0.326 e. The van der Waals surface area contributed by atoms with E-state index in [1.807, 2.05) is 0 Å². The second-order valence-electron chi connectivity index (χ2n) is 4.89. The molecule has 1 aliphatic rings. The van der Waals surface area contributed by atoms with Gasteiger partial charge in [0.15, 0.2) is 0 Å². The van der Waals surface area contributed by atoms with E-state index in [2.05, 4.69) is 34.6 Å². The van der Waals surface area contributed by atoms with Crippen molar-refractivity contribution in [1.29, 1.82) is 0 Å². The topological polar surface area (TPSA) is 0 Å². The van der Waals surface area contributed by atoms with Crippen LogP contribution in [0.5, 0.6) is 0 Å². The van der Waals surface area contributed by atoms with Crippen molar-refractivity contribution in [3.8, 4) is 0 Å². The molecule has 14 heavy (non-hydrogen) atoms. The van der Waals surface area contributed by atoms with Crippen molar-refractivity contribution in [1.82, 2.24) is 0 Å². The lowest BCUT2D eigenvalue weighted by molar-refractivity contribution is 0.257. The number of rotatable bonds is 2. The molecular formula is C10H21Cl3Si. The minimum atomic E-state index is -1.72. The van der Waals surface area contributed by atoms with Crippen LogP contribution in [0.4, 0.5) is 0 Å². The molecule has 1 saturated carbocycles. The first-order valence-electron chi connectivity index (χ1n) is 5.14. The lowest BCUT2D eigenvalue weighted by Gasteiger charge is -2.23. The average molecular weight is 276 g/mol. The van der Waals surface area contributed by atoms with Crippen molar-refractivity contribution in [3.05, 3.63) is 0 Å². The summed E-state index contributed by atoms with van der Waals surface area (Å²) in [5.41, 5.74) is 0.689. The monoisotopic (exact) mass is 274 g/mol. The molecule has 1 fully saturated rings. The molecule has 4 heteroatoms. The molecule has 1 aliphatic carbocycles. The zero-order valence-electron chi connectivity index (χ0n) is 9.65. The molecular weight excluding hydrogens is 255 g/mol. The molecule has 0 saturated heterocycles. The van der Waals surface area contributed by atoms with E-state index in [4.69, 9.17) is 33.2 Å². The summed E-state index contributed by atoms with van der Waals surface area (Å²) in [5.74, 6) is 2.74. The summed E-state index contributed by atoms with van der Waals surface area (Å²) in [6, 6.07) is 0. The van der Waals surface area contributed by atoms with Gasteiger partial charge in [-0.25, -0.2) is 0 Å². The van der Waals surface area contributed by atoms with E-state index in [1.165, 1.54) is 6.42 Å². The third kappa shape index (κ3) is 4.74. The Morgan fingerprint density at radius 3 is 1.57 bits per heavy atom. The fourth-order valence-corrected chi connectivity index (χ4v) is 2.00. The molecule has 0 aromatic heterocycles. The van der Waals surface area contributed by atoms with Crippen LogP contribution >= 0.6 is 33.2 Å². The van der Waals surface area contributed by atoms with Crippen LogP contribution in [0, 0.1) is 23.2 Å². The molecule has 0 bridgehead atoms. The van der Waals surface area contributed by atoms with E-state index >= 15 is 0 Å². The van der Waals surface area contributed by atoms with Gasteiger partial charge in [0.2, 0.25) is 0 Å². The summed E-state index contributed by atoms with van der Waals surface area (Å²) in [6.07, 6.45) is 1.45. The molecule has 0 aromatic carbocycles. The van der Waals surface area contributed by atoms with E-state index in [9.17, 15) is 0 Å². The first-order chi connectivity index (χ1) is 6.21. The number of hydrogen-bond acceptors (Lipinski definition) is 0. The lowest BCUT2D eigenvalue weighted by Crippen LogP contribution is -2.16. The molecule has 0 aromatic rings. The highest BCUT2D eigenvalue weighted by molar-refractivity contribution is 7.54. The second-order valence-corrected chi connectivity index (χ2v) is 11.3. The van der Waals surface area contributed by atoms with Gasteiger partial charge in [0.05, 0.1) is 0 Å². The van der Waals surface area contributed by atoms with Gasteiger partial charge in [-0.2, -0.15) is 0 Å². The molecule has 0 nitrogen and oxygen atoms in total. The SMILES string of the molecule is CC(C)C(C)C1(C)CC1C.Cl[SiH](Cl)Cl. The third-order valence-corrected chi connectivity index (χ3v) is 3.75. The fourth-order valence-electron chi connectivity index (χ4n) is 2.00. The molecule has 3 unspecified atom stereocenters. The van der Waals surface area contributed by atoms with Gasteiger partial charge in [-0.1, -0.05) is 34.6 Å². The number of hydrogen-bond donors (Lipinski definition) is 0. The smallest absolute Gasteiger partial charge is 0.130 e. The van der Waals surface area contributed by atoms with Gasteiger partial charge in [-0.3, -0.25) is 0 Å². The lowest BCUT2D eigenvalue weighted by atomic mass is 9.82. The van der Waals surface area contributed by atoms with Crippen LogP contribution in [-0.4, -0.2) is 6.73 Å². The van der Waals surface area contributed by atoms with Crippen LogP contribution in [-0.2, 0) is 0 Å². The Bertz CT molecular complexity index is 170. The molecule has 0 N–H and O–H groups in total. The van der Waals surface area contributed by atoms with Crippen LogP contribution in [0.1, 0.15) is 41.0 Å². The Morgan fingerprint density at radius 1 is 1.21 bits per heavy atom. The van der Waals surface area contributed by atoms with Crippen LogP contribution in [0.25, 0.3) is 0 Å². The van der Waals surface area contributed by atoms with Gasteiger partial charge in [-0.05, 0) is 29.6 Å². The van der Waals surface area contributed by atoms with Crippen molar-refractivity contribution in [2.24, 2.45) is 23.2 Å². The molecule has 1 rings (SSSR count). The average Bonchev–Trinajstić information content (AvgIpc) is 2.58. The Kier molecular flexibility index (Phi) is 6.44. The maximum Gasteiger partial charge on any atom is 0.326 e. The molecule has 3 atom stereocenters. The Hall–Kier alpha value is 1.09. The molecule has 0 radical (unpaired) electrons.